The number of rotatable bonds is 7. The maximum Gasteiger partial charge on any atom is 0.256 e. The number of imidazole rings is 1. The summed E-state index contributed by atoms with van der Waals surface area (Å²) in [5.41, 5.74) is 3.14. The molecular formula is C24H29F2N9O. The molecule has 4 heterocycles. The van der Waals surface area contributed by atoms with Gasteiger partial charge in [-0.25, -0.2) is 23.3 Å². The standard InChI is InChI=1S/C24H29F2N9O/c1-13-28-19-9-8-18(31-23(19)34(13)12-20(25)26)17-10-11-35-21(17)22(27-3)32-24(33-35)30-16-6-4-15(5-7-16)29-14(2)36/h8-11,15-16,20H,4-7,12H2,1-3H3,(H,29,36)(H2,27,30,32,33)/t15-,16+. The molecule has 3 N–H and O–H groups in total. The fraction of sp³-hybridized carbons (Fsp3) is 0.458. The lowest BCUT2D eigenvalue weighted by Gasteiger charge is -2.29. The van der Waals surface area contributed by atoms with Crippen LogP contribution >= 0.6 is 0 Å². The molecule has 1 aliphatic carbocycles. The van der Waals surface area contributed by atoms with Crippen LogP contribution in [-0.4, -0.2) is 60.6 Å². The third-order valence-electron chi connectivity index (χ3n) is 6.60. The number of carbonyl (C=O) groups is 1. The van der Waals surface area contributed by atoms with Crippen molar-refractivity contribution in [3.63, 3.8) is 0 Å². The molecule has 0 spiro atoms. The van der Waals surface area contributed by atoms with E-state index in [9.17, 15) is 13.6 Å². The maximum atomic E-state index is 13.1. The zero-order chi connectivity index (χ0) is 25.4. The molecule has 0 saturated heterocycles. The number of hydrogen-bond acceptors (Lipinski definition) is 7. The van der Waals surface area contributed by atoms with Gasteiger partial charge in [0.15, 0.2) is 11.5 Å². The smallest absolute Gasteiger partial charge is 0.256 e. The van der Waals surface area contributed by atoms with Gasteiger partial charge < -0.3 is 20.5 Å². The van der Waals surface area contributed by atoms with Gasteiger partial charge in [-0.2, -0.15) is 4.98 Å². The van der Waals surface area contributed by atoms with E-state index < -0.39 is 13.0 Å². The van der Waals surface area contributed by atoms with Crippen molar-refractivity contribution in [2.24, 2.45) is 0 Å². The molecule has 5 rings (SSSR count). The van der Waals surface area contributed by atoms with Crippen molar-refractivity contribution in [1.82, 2.24) is 34.4 Å². The van der Waals surface area contributed by atoms with Crippen molar-refractivity contribution >= 4 is 34.4 Å². The lowest BCUT2D eigenvalue weighted by molar-refractivity contribution is -0.119. The van der Waals surface area contributed by atoms with E-state index in [0.717, 1.165) is 36.8 Å². The Morgan fingerprint density at radius 3 is 2.56 bits per heavy atom. The number of anilines is 2. The summed E-state index contributed by atoms with van der Waals surface area (Å²) in [4.78, 5) is 25.1. The third kappa shape index (κ3) is 4.67. The van der Waals surface area contributed by atoms with Crippen molar-refractivity contribution in [2.75, 3.05) is 17.7 Å². The minimum Gasteiger partial charge on any atom is -0.371 e. The molecule has 0 aliphatic heterocycles. The Morgan fingerprint density at radius 1 is 1.11 bits per heavy atom. The quantitative estimate of drug-likeness (QED) is 0.357. The van der Waals surface area contributed by atoms with E-state index in [-0.39, 0.29) is 18.0 Å². The van der Waals surface area contributed by atoms with Crippen molar-refractivity contribution in [3.8, 4) is 11.3 Å². The number of hydrogen-bond donors (Lipinski definition) is 3. The molecule has 1 fully saturated rings. The third-order valence-corrected chi connectivity index (χ3v) is 6.60. The van der Waals surface area contributed by atoms with E-state index in [4.69, 9.17) is 4.98 Å². The first-order valence-electron chi connectivity index (χ1n) is 12.1. The zero-order valence-electron chi connectivity index (χ0n) is 20.4. The first kappa shape index (κ1) is 23.9. The molecule has 0 bridgehead atoms. The minimum atomic E-state index is -2.50. The fourth-order valence-corrected chi connectivity index (χ4v) is 4.94. The summed E-state index contributed by atoms with van der Waals surface area (Å²) < 4.78 is 29.5. The summed E-state index contributed by atoms with van der Waals surface area (Å²) in [6, 6.07) is 5.95. The Labute approximate surface area is 206 Å². The van der Waals surface area contributed by atoms with E-state index in [1.54, 1.807) is 31.5 Å². The zero-order valence-corrected chi connectivity index (χ0v) is 20.4. The summed E-state index contributed by atoms with van der Waals surface area (Å²) in [6.07, 6.45) is 2.96. The molecule has 1 aliphatic rings. The number of carbonyl (C=O) groups excluding carboxylic acids is 1. The van der Waals surface area contributed by atoms with E-state index in [0.29, 0.717) is 34.4 Å². The number of nitrogens with zero attached hydrogens (tertiary/aromatic N) is 6. The van der Waals surface area contributed by atoms with Crippen molar-refractivity contribution in [2.45, 2.75) is 64.6 Å². The topological polar surface area (TPSA) is 114 Å². The number of aryl methyl sites for hydroxylation is 1. The molecule has 1 saturated carbocycles. The molecule has 4 aromatic rings. The summed E-state index contributed by atoms with van der Waals surface area (Å²) in [5.74, 6) is 1.63. The highest BCUT2D eigenvalue weighted by atomic mass is 19.3. The normalized spacial score (nSPS) is 18.2. The monoisotopic (exact) mass is 497 g/mol. The van der Waals surface area contributed by atoms with Gasteiger partial charge in [-0.05, 0) is 50.8 Å². The highest BCUT2D eigenvalue weighted by Gasteiger charge is 2.23. The van der Waals surface area contributed by atoms with Gasteiger partial charge in [-0.3, -0.25) is 4.79 Å². The van der Waals surface area contributed by atoms with Gasteiger partial charge >= 0.3 is 0 Å². The van der Waals surface area contributed by atoms with Crippen LogP contribution in [0.3, 0.4) is 0 Å². The highest BCUT2D eigenvalue weighted by molar-refractivity contribution is 5.89. The maximum absolute atomic E-state index is 13.1. The molecule has 0 radical (unpaired) electrons. The van der Waals surface area contributed by atoms with Crippen LogP contribution in [0.1, 0.15) is 38.4 Å². The van der Waals surface area contributed by atoms with E-state index >= 15 is 0 Å². The van der Waals surface area contributed by atoms with Gasteiger partial charge in [0.1, 0.15) is 16.9 Å². The second kappa shape index (κ2) is 9.67. The summed E-state index contributed by atoms with van der Waals surface area (Å²) in [5, 5.41) is 14.2. The molecule has 1 amide bonds. The van der Waals surface area contributed by atoms with Gasteiger partial charge in [0.25, 0.3) is 6.43 Å². The summed E-state index contributed by atoms with van der Waals surface area (Å²) in [6.45, 7) is 2.79. The molecule has 10 nitrogen and oxygen atoms in total. The van der Waals surface area contributed by atoms with Crippen LogP contribution in [0, 0.1) is 6.92 Å². The Balaban J connectivity index is 1.43. The number of nitrogens with one attached hydrogen (secondary N) is 3. The van der Waals surface area contributed by atoms with Crippen LogP contribution in [0.15, 0.2) is 24.4 Å². The van der Waals surface area contributed by atoms with Gasteiger partial charge in [-0.15, -0.1) is 5.10 Å². The predicted molar refractivity (Wildman–Crippen MR) is 133 cm³/mol. The Bertz CT molecular complexity index is 1410. The lowest BCUT2D eigenvalue weighted by atomic mass is 9.91. The lowest BCUT2D eigenvalue weighted by Crippen LogP contribution is -2.39. The van der Waals surface area contributed by atoms with Crippen LogP contribution in [0.25, 0.3) is 27.9 Å². The Morgan fingerprint density at radius 2 is 1.86 bits per heavy atom. The van der Waals surface area contributed by atoms with Gasteiger partial charge in [0.2, 0.25) is 11.9 Å². The number of pyridine rings is 1. The highest BCUT2D eigenvalue weighted by Crippen LogP contribution is 2.31. The first-order chi connectivity index (χ1) is 17.3. The van der Waals surface area contributed by atoms with E-state index in [1.165, 1.54) is 4.57 Å². The summed E-state index contributed by atoms with van der Waals surface area (Å²) >= 11 is 0. The van der Waals surface area contributed by atoms with Crippen molar-refractivity contribution in [3.05, 3.63) is 30.2 Å². The average molecular weight is 498 g/mol. The van der Waals surface area contributed by atoms with E-state index in [1.807, 2.05) is 18.3 Å². The summed E-state index contributed by atoms with van der Waals surface area (Å²) in [7, 11) is 1.79. The number of amides is 1. The Hall–Kier alpha value is -3.83. The molecule has 190 valence electrons. The number of halogens is 2. The van der Waals surface area contributed by atoms with Gasteiger partial charge in [0.05, 0.1) is 12.2 Å². The molecule has 36 heavy (non-hydrogen) atoms. The SMILES string of the molecule is CNc1nc(N[C@H]2CC[C@@H](NC(C)=O)CC2)nn2ccc(-c3ccc4nc(C)n(CC(F)F)c4n3)c12. The first-order valence-corrected chi connectivity index (χ1v) is 12.1. The van der Waals surface area contributed by atoms with E-state index in [2.05, 4.69) is 31.0 Å². The van der Waals surface area contributed by atoms with Crippen LogP contribution in [-0.2, 0) is 11.3 Å². The van der Waals surface area contributed by atoms with Crippen molar-refractivity contribution < 1.29 is 13.6 Å². The fourth-order valence-electron chi connectivity index (χ4n) is 4.94. The second-order valence-corrected chi connectivity index (χ2v) is 9.15. The average Bonchev–Trinajstić information content (AvgIpc) is 3.40. The van der Waals surface area contributed by atoms with Crippen LogP contribution in [0.4, 0.5) is 20.5 Å². The van der Waals surface area contributed by atoms with Crippen LogP contribution in [0.2, 0.25) is 0 Å². The van der Waals surface area contributed by atoms with Gasteiger partial charge in [-0.1, -0.05) is 0 Å². The van der Waals surface area contributed by atoms with Crippen molar-refractivity contribution in [1.29, 1.82) is 0 Å². The number of aromatic nitrogens is 6. The minimum absolute atomic E-state index is 0.00418. The second-order valence-electron chi connectivity index (χ2n) is 9.15. The Kier molecular flexibility index (Phi) is 6.42. The number of fused-ring (bicyclic) bond motifs is 2. The van der Waals surface area contributed by atoms with Crippen LogP contribution in [0.5, 0.6) is 0 Å². The molecular weight excluding hydrogens is 468 g/mol. The number of alkyl halides is 2. The molecule has 0 unspecified atom stereocenters. The molecule has 4 aromatic heterocycles. The molecule has 0 aromatic carbocycles. The molecule has 12 heteroatoms. The van der Waals surface area contributed by atoms with Crippen LogP contribution < -0.4 is 16.0 Å². The predicted octanol–water partition coefficient (Wildman–Crippen LogP) is 3.62. The van der Waals surface area contributed by atoms with Gasteiger partial charge in [0, 0.05) is 37.8 Å². The molecule has 0 atom stereocenters. The largest absolute Gasteiger partial charge is 0.371 e.